The summed E-state index contributed by atoms with van der Waals surface area (Å²) in [6, 6.07) is 4.06. The highest BCUT2D eigenvalue weighted by Gasteiger charge is 2.09. The lowest BCUT2D eigenvalue weighted by Crippen LogP contribution is -2.13. The van der Waals surface area contributed by atoms with Crippen molar-refractivity contribution in [3.8, 4) is 0 Å². The van der Waals surface area contributed by atoms with Gasteiger partial charge in [0.15, 0.2) is 0 Å². The number of rotatable bonds is 9. The van der Waals surface area contributed by atoms with Crippen LogP contribution in [0, 0.1) is 0 Å². The number of nitrogens with two attached hydrogens (primary N) is 1. The maximum Gasteiger partial charge on any atom is 0.227 e. The predicted molar refractivity (Wildman–Crippen MR) is 142 cm³/mol. The SMILES string of the molecule is CC.CC.C\C=C/C=C\C(=C/C)c1cc(SCC(N)=O)nc(C(/C=C\C)=C/C=C\C)c1. The molecule has 170 valence electrons. The number of carbonyl (C=O) groups excluding carboxylic acids is 1. The van der Waals surface area contributed by atoms with Crippen LogP contribution in [0.2, 0.25) is 0 Å². The topological polar surface area (TPSA) is 56.0 Å². The minimum Gasteiger partial charge on any atom is -0.369 e. The average Bonchev–Trinajstić information content (AvgIpc) is 2.80. The molecular weight excluding hydrogens is 400 g/mol. The second-order valence-electron chi connectivity index (χ2n) is 5.61. The Kier molecular flexibility index (Phi) is 20.4. The summed E-state index contributed by atoms with van der Waals surface area (Å²) in [5.41, 5.74) is 9.30. The molecule has 1 rings (SSSR count). The third-order valence-electron chi connectivity index (χ3n) is 3.50. The first-order valence-electron chi connectivity index (χ1n) is 10.9. The van der Waals surface area contributed by atoms with E-state index in [1.54, 1.807) is 0 Å². The van der Waals surface area contributed by atoms with Gasteiger partial charge in [0.2, 0.25) is 5.91 Å². The monoisotopic (exact) mass is 440 g/mol. The van der Waals surface area contributed by atoms with Crippen molar-refractivity contribution in [1.29, 1.82) is 0 Å². The number of hydrogen-bond donors (Lipinski definition) is 1. The van der Waals surface area contributed by atoms with Crippen LogP contribution in [0.1, 0.15) is 66.6 Å². The lowest BCUT2D eigenvalue weighted by Gasteiger charge is -2.10. The first-order chi connectivity index (χ1) is 15.0. The van der Waals surface area contributed by atoms with Crippen LogP contribution in [0.15, 0.2) is 77.9 Å². The van der Waals surface area contributed by atoms with Crippen molar-refractivity contribution < 1.29 is 4.79 Å². The van der Waals surface area contributed by atoms with Gasteiger partial charge in [-0.1, -0.05) is 100 Å². The molecule has 2 N–H and O–H groups in total. The van der Waals surface area contributed by atoms with Crippen LogP contribution in [-0.4, -0.2) is 16.6 Å². The smallest absolute Gasteiger partial charge is 0.227 e. The number of carbonyl (C=O) groups is 1. The minimum absolute atomic E-state index is 0.201. The van der Waals surface area contributed by atoms with Crippen molar-refractivity contribution in [3.63, 3.8) is 0 Å². The first-order valence-corrected chi connectivity index (χ1v) is 11.9. The van der Waals surface area contributed by atoms with E-state index in [2.05, 4.69) is 18.2 Å². The largest absolute Gasteiger partial charge is 0.369 e. The molecule has 0 aliphatic rings. The second kappa shape index (κ2) is 20.7. The van der Waals surface area contributed by atoms with E-state index in [4.69, 9.17) is 10.7 Å². The molecule has 0 spiro atoms. The third kappa shape index (κ3) is 13.3. The molecule has 31 heavy (non-hydrogen) atoms. The Morgan fingerprint density at radius 2 is 1.55 bits per heavy atom. The molecule has 1 heterocycles. The van der Waals surface area contributed by atoms with Gasteiger partial charge in [-0.05, 0) is 56.5 Å². The number of aromatic nitrogens is 1. The molecule has 3 nitrogen and oxygen atoms in total. The lowest BCUT2D eigenvalue weighted by molar-refractivity contribution is -0.115. The van der Waals surface area contributed by atoms with Crippen LogP contribution in [0.3, 0.4) is 0 Å². The quantitative estimate of drug-likeness (QED) is 0.315. The Morgan fingerprint density at radius 1 is 0.903 bits per heavy atom. The molecule has 4 heteroatoms. The highest BCUT2D eigenvalue weighted by atomic mass is 32.2. The van der Waals surface area contributed by atoms with Gasteiger partial charge >= 0.3 is 0 Å². The van der Waals surface area contributed by atoms with E-state index in [0.29, 0.717) is 0 Å². The van der Waals surface area contributed by atoms with E-state index in [-0.39, 0.29) is 11.7 Å². The fraction of sp³-hybridized carbons (Fsp3) is 0.333. The number of hydrogen-bond acceptors (Lipinski definition) is 3. The van der Waals surface area contributed by atoms with Crippen molar-refractivity contribution in [1.82, 2.24) is 4.98 Å². The molecule has 0 unspecified atom stereocenters. The molecule has 0 saturated carbocycles. The minimum atomic E-state index is -0.355. The zero-order valence-electron chi connectivity index (χ0n) is 20.5. The summed E-state index contributed by atoms with van der Waals surface area (Å²) < 4.78 is 0. The van der Waals surface area contributed by atoms with Gasteiger partial charge in [-0.2, -0.15) is 0 Å². The molecule has 0 aliphatic carbocycles. The Bertz CT molecular complexity index is 813. The van der Waals surface area contributed by atoms with E-state index in [1.165, 1.54) is 11.8 Å². The summed E-state index contributed by atoms with van der Waals surface area (Å²) >= 11 is 1.35. The van der Waals surface area contributed by atoms with Crippen LogP contribution >= 0.6 is 11.8 Å². The molecule has 0 aromatic carbocycles. The summed E-state index contributed by atoms with van der Waals surface area (Å²) in [5, 5.41) is 0.774. The zero-order chi connectivity index (χ0) is 24.1. The molecule has 0 saturated heterocycles. The normalized spacial score (nSPS) is 12.3. The summed E-state index contributed by atoms with van der Waals surface area (Å²) in [5.74, 6) is -0.154. The van der Waals surface area contributed by atoms with Crippen molar-refractivity contribution in [2.45, 2.75) is 60.4 Å². The number of allylic oxidation sites excluding steroid dienone is 12. The highest BCUT2D eigenvalue weighted by Crippen LogP contribution is 2.27. The number of pyridine rings is 1. The number of nitrogens with zero attached hydrogens (tertiary/aromatic N) is 1. The fourth-order valence-corrected chi connectivity index (χ4v) is 2.94. The molecular formula is C27H40N2OS. The summed E-state index contributed by atoms with van der Waals surface area (Å²) in [4.78, 5) is 15.9. The Balaban J connectivity index is 0. The van der Waals surface area contributed by atoms with Crippen LogP contribution in [-0.2, 0) is 4.79 Å². The van der Waals surface area contributed by atoms with Gasteiger partial charge in [-0.15, -0.1) is 0 Å². The lowest BCUT2D eigenvalue weighted by atomic mass is 10.0. The van der Waals surface area contributed by atoms with Gasteiger partial charge in [0.05, 0.1) is 16.5 Å². The molecule has 1 amide bonds. The van der Waals surface area contributed by atoms with Crippen molar-refractivity contribution >= 4 is 28.8 Å². The third-order valence-corrected chi connectivity index (χ3v) is 4.43. The first kappa shape index (κ1) is 30.6. The predicted octanol–water partition coefficient (Wildman–Crippen LogP) is 7.78. The molecule has 0 aliphatic heterocycles. The molecule has 0 atom stereocenters. The summed E-state index contributed by atoms with van der Waals surface area (Å²) in [7, 11) is 0. The second-order valence-corrected chi connectivity index (χ2v) is 6.61. The van der Waals surface area contributed by atoms with E-state index < -0.39 is 0 Å². The summed E-state index contributed by atoms with van der Waals surface area (Å²) in [6.07, 6.45) is 20.1. The standard InChI is InChI=1S/C23H28N2OS.2C2H6/c1-5-9-11-14-18(8-4)20-15-21(19(12-7-3)13-10-6-2)25-23(16-20)27-17-22(24)26;2*1-2/h5-16H,17H2,1-4H3,(H2,24,26);2*1-2H3/b9-5-,10-6-,12-7-,14-11-,18-8+,19-13+;;. The maximum atomic E-state index is 11.2. The van der Waals surface area contributed by atoms with Gasteiger partial charge < -0.3 is 5.73 Å². The van der Waals surface area contributed by atoms with Gasteiger partial charge in [-0.3, -0.25) is 4.79 Å². The number of thioether (sulfide) groups is 1. The van der Waals surface area contributed by atoms with Crippen molar-refractivity contribution in [3.05, 3.63) is 84.2 Å². The Morgan fingerprint density at radius 3 is 2.06 bits per heavy atom. The zero-order valence-corrected chi connectivity index (χ0v) is 21.3. The van der Waals surface area contributed by atoms with Gasteiger partial charge in [0.1, 0.15) is 0 Å². The maximum absolute atomic E-state index is 11.2. The molecule has 1 aromatic heterocycles. The van der Waals surface area contributed by atoms with Gasteiger partial charge in [-0.25, -0.2) is 4.98 Å². The van der Waals surface area contributed by atoms with Gasteiger partial charge in [0.25, 0.3) is 0 Å². The highest BCUT2D eigenvalue weighted by molar-refractivity contribution is 7.99. The molecule has 0 fully saturated rings. The van der Waals surface area contributed by atoms with Crippen LogP contribution in [0.4, 0.5) is 0 Å². The molecule has 1 aromatic rings. The van der Waals surface area contributed by atoms with Crippen LogP contribution in [0.25, 0.3) is 11.1 Å². The van der Waals surface area contributed by atoms with E-state index in [9.17, 15) is 4.79 Å². The Hall–Kier alpha value is -2.59. The van der Waals surface area contributed by atoms with Crippen LogP contribution < -0.4 is 5.73 Å². The van der Waals surface area contributed by atoms with E-state index in [0.717, 1.165) is 27.4 Å². The van der Waals surface area contributed by atoms with E-state index >= 15 is 0 Å². The average molecular weight is 441 g/mol. The van der Waals surface area contributed by atoms with Crippen LogP contribution in [0.5, 0.6) is 0 Å². The van der Waals surface area contributed by atoms with Crippen molar-refractivity contribution in [2.75, 3.05) is 5.75 Å². The van der Waals surface area contributed by atoms with Gasteiger partial charge in [0, 0.05) is 0 Å². The molecule has 0 radical (unpaired) electrons. The van der Waals surface area contributed by atoms with Crippen molar-refractivity contribution in [2.24, 2.45) is 5.73 Å². The Labute approximate surface area is 194 Å². The molecule has 0 bridgehead atoms. The van der Waals surface area contributed by atoms with E-state index in [1.807, 2.05) is 110 Å². The number of primary amides is 1. The number of amides is 1. The summed E-state index contributed by atoms with van der Waals surface area (Å²) in [6.45, 7) is 15.9. The fourth-order valence-electron chi connectivity index (χ4n) is 2.27.